The summed E-state index contributed by atoms with van der Waals surface area (Å²) in [4.78, 5) is 0. The molecule has 88 valence electrons. The van der Waals surface area contributed by atoms with Crippen molar-refractivity contribution in [1.82, 2.24) is 0 Å². The zero-order chi connectivity index (χ0) is 11.9. The van der Waals surface area contributed by atoms with Crippen molar-refractivity contribution in [3.8, 4) is 0 Å². The Kier molecular flexibility index (Phi) is 5.31. The summed E-state index contributed by atoms with van der Waals surface area (Å²) in [6.45, 7) is 6.80. The van der Waals surface area contributed by atoms with E-state index in [1.54, 1.807) is 0 Å². The van der Waals surface area contributed by atoms with Crippen LogP contribution in [0.3, 0.4) is 0 Å². The first kappa shape index (κ1) is 13.0. The second kappa shape index (κ2) is 6.52. The predicted octanol–water partition coefficient (Wildman–Crippen LogP) is 5.10. The molecule has 0 radical (unpaired) electrons. The lowest BCUT2D eigenvalue weighted by molar-refractivity contribution is 0.660. The van der Waals surface area contributed by atoms with Gasteiger partial charge in [0.25, 0.3) is 0 Å². The molecule has 1 aromatic rings. The average Bonchev–Trinajstić information content (AvgIpc) is 2.30. The molecule has 1 aromatic carbocycles. The van der Waals surface area contributed by atoms with Gasteiger partial charge in [-0.05, 0) is 18.4 Å². The SMILES string of the molecule is CCCCCC=CC(C)(C)c1ccccc1. The second-order valence-corrected chi connectivity index (χ2v) is 4.99. The van der Waals surface area contributed by atoms with Crippen molar-refractivity contribution in [2.24, 2.45) is 0 Å². The number of rotatable bonds is 6. The van der Waals surface area contributed by atoms with Gasteiger partial charge in [-0.1, -0.05) is 76.1 Å². The summed E-state index contributed by atoms with van der Waals surface area (Å²) in [5.41, 5.74) is 1.55. The maximum atomic E-state index is 2.35. The maximum absolute atomic E-state index is 2.35. The Morgan fingerprint density at radius 2 is 1.75 bits per heavy atom. The van der Waals surface area contributed by atoms with Gasteiger partial charge in [-0.25, -0.2) is 0 Å². The molecule has 0 unspecified atom stereocenters. The molecule has 0 spiro atoms. The Balaban J connectivity index is 2.51. The van der Waals surface area contributed by atoms with Crippen molar-refractivity contribution in [1.29, 1.82) is 0 Å². The minimum Gasteiger partial charge on any atom is -0.0877 e. The fraction of sp³-hybridized carbons (Fsp3) is 0.500. The number of unbranched alkanes of at least 4 members (excludes halogenated alkanes) is 3. The van der Waals surface area contributed by atoms with Gasteiger partial charge in [-0.2, -0.15) is 0 Å². The Morgan fingerprint density at radius 3 is 2.38 bits per heavy atom. The van der Waals surface area contributed by atoms with Crippen LogP contribution in [-0.2, 0) is 5.41 Å². The summed E-state index contributed by atoms with van der Waals surface area (Å²) in [7, 11) is 0. The molecule has 0 saturated heterocycles. The fourth-order valence-corrected chi connectivity index (χ4v) is 1.85. The van der Waals surface area contributed by atoms with E-state index in [4.69, 9.17) is 0 Å². The summed E-state index contributed by atoms with van der Waals surface area (Å²) in [6, 6.07) is 10.7. The minimum absolute atomic E-state index is 0.160. The highest BCUT2D eigenvalue weighted by Gasteiger charge is 2.15. The quantitative estimate of drug-likeness (QED) is 0.458. The maximum Gasteiger partial charge on any atom is 0.00753 e. The normalized spacial score (nSPS) is 12.2. The topological polar surface area (TPSA) is 0 Å². The molecule has 0 aliphatic carbocycles. The Hall–Kier alpha value is -1.04. The highest BCUT2D eigenvalue weighted by molar-refractivity contribution is 5.28. The molecule has 0 amide bonds. The van der Waals surface area contributed by atoms with Gasteiger partial charge in [-0.3, -0.25) is 0 Å². The zero-order valence-electron chi connectivity index (χ0n) is 10.9. The molecule has 0 N–H and O–H groups in total. The van der Waals surface area contributed by atoms with E-state index in [2.05, 4.69) is 63.3 Å². The van der Waals surface area contributed by atoms with Crippen molar-refractivity contribution in [3.05, 3.63) is 48.0 Å². The third-order valence-electron chi connectivity index (χ3n) is 3.03. The molecule has 0 fully saturated rings. The van der Waals surface area contributed by atoms with E-state index in [9.17, 15) is 0 Å². The predicted molar refractivity (Wildman–Crippen MR) is 72.8 cm³/mol. The van der Waals surface area contributed by atoms with E-state index in [-0.39, 0.29) is 5.41 Å². The standard InChI is InChI=1S/C16H24/c1-4-5-6-7-11-14-16(2,3)15-12-9-8-10-13-15/h8-14H,4-7H2,1-3H3. The first-order valence-corrected chi connectivity index (χ1v) is 6.40. The van der Waals surface area contributed by atoms with Crippen LogP contribution in [0.2, 0.25) is 0 Å². The molecule has 0 aromatic heterocycles. The van der Waals surface area contributed by atoms with Crippen molar-refractivity contribution in [3.63, 3.8) is 0 Å². The van der Waals surface area contributed by atoms with Crippen LogP contribution in [0.15, 0.2) is 42.5 Å². The van der Waals surface area contributed by atoms with Gasteiger partial charge in [0.1, 0.15) is 0 Å². The zero-order valence-corrected chi connectivity index (χ0v) is 10.9. The molecule has 0 bridgehead atoms. The van der Waals surface area contributed by atoms with Crippen LogP contribution in [0.4, 0.5) is 0 Å². The molecule has 0 heterocycles. The fourth-order valence-electron chi connectivity index (χ4n) is 1.85. The van der Waals surface area contributed by atoms with Gasteiger partial charge >= 0.3 is 0 Å². The summed E-state index contributed by atoms with van der Waals surface area (Å²) in [6.07, 6.45) is 9.86. The largest absolute Gasteiger partial charge is 0.0877 e. The lowest BCUT2D eigenvalue weighted by Gasteiger charge is -2.20. The molecule has 0 atom stereocenters. The highest BCUT2D eigenvalue weighted by Crippen LogP contribution is 2.24. The van der Waals surface area contributed by atoms with Gasteiger partial charge < -0.3 is 0 Å². The number of allylic oxidation sites excluding steroid dienone is 2. The number of benzene rings is 1. The lowest BCUT2D eigenvalue weighted by Crippen LogP contribution is -2.12. The van der Waals surface area contributed by atoms with E-state index in [0.29, 0.717) is 0 Å². The van der Waals surface area contributed by atoms with E-state index >= 15 is 0 Å². The molecular weight excluding hydrogens is 192 g/mol. The van der Waals surface area contributed by atoms with Crippen LogP contribution < -0.4 is 0 Å². The van der Waals surface area contributed by atoms with Crippen LogP contribution >= 0.6 is 0 Å². The lowest BCUT2D eigenvalue weighted by atomic mass is 9.84. The van der Waals surface area contributed by atoms with Crippen molar-refractivity contribution >= 4 is 0 Å². The van der Waals surface area contributed by atoms with Gasteiger partial charge in [0.2, 0.25) is 0 Å². The van der Waals surface area contributed by atoms with Gasteiger partial charge in [-0.15, -0.1) is 0 Å². The van der Waals surface area contributed by atoms with E-state index in [1.165, 1.54) is 31.2 Å². The number of hydrogen-bond donors (Lipinski definition) is 0. The summed E-state index contributed by atoms with van der Waals surface area (Å²) in [5, 5.41) is 0. The minimum atomic E-state index is 0.160. The molecule has 16 heavy (non-hydrogen) atoms. The van der Waals surface area contributed by atoms with E-state index < -0.39 is 0 Å². The van der Waals surface area contributed by atoms with Crippen LogP contribution in [0.5, 0.6) is 0 Å². The number of hydrogen-bond acceptors (Lipinski definition) is 0. The molecule has 1 rings (SSSR count). The molecule has 0 saturated carbocycles. The summed E-state index contributed by atoms with van der Waals surface area (Å²) >= 11 is 0. The molecule has 0 nitrogen and oxygen atoms in total. The van der Waals surface area contributed by atoms with Gasteiger partial charge in [0, 0.05) is 5.41 Å². The van der Waals surface area contributed by atoms with Gasteiger partial charge in [0.05, 0.1) is 0 Å². The third kappa shape index (κ3) is 4.22. The van der Waals surface area contributed by atoms with Crippen LogP contribution in [0.25, 0.3) is 0 Å². The summed E-state index contributed by atoms with van der Waals surface area (Å²) < 4.78 is 0. The van der Waals surface area contributed by atoms with Crippen molar-refractivity contribution in [2.45, 2.75) is 51.9 Å². The molecule has 0 aliphatic rings. The summed E-state index contributed by atoms with van der Waals surface area (Å²) in [5.74, 6) is 0. The first-order chi connectivity index (χ1) is 7.67. The average molecular weight is 216 g/mol. The monoisotopic (exact) mass is 216 g/mol. The first-order valence-electron chi connectivity index (χ1n) is 6.40. The molecular formula is C16H24. The van der Waals surface area contributed by atoms with E-state index in [1.807, 2.05) is 0 Å². The van der Waals surface area contributed by atoms with Gasteiger partial charge in [0.15, 0.2) is 0 Å². The molecule has 0 heteroatoms. The Bertz CT molecular complexity index is 306. The highest BCUT2D eigenvalue weighted by atomic mass is 14.2. The molecule has 0 aliphatic heterocycles. The Labute approximate surface area is 100 Å². The van der Waals surface area contributed by atoms with Crippen molar-refractivity contribution < 1.29 is 0 Å². The smallest absolute Gasteiger partial charge is 0.00753 e. The van der Waals surface area contributed by atoms with E-state index in [0.717, 1.165) is 0 Å². The van der Waals surface area contributed by atoms with Crippen molar-refractivity contribution in [2.75, 3.05) is 0 Å². The second-order valence-electron chi connectivity index (χ2n) is 4.99. The third-order valence-corrected chi connectivity index (χ3v) is 3.03. The Morgan fingerprint density at radius 1 is 1.06 bits per heavy atom. The van der Waals surface area contributed by atoms with Crippen LogP contribution in [0, 0.1) is 0 Å². The van der Waals surface area contributed by atoms with Crippen LogP contribution in [0.1, 0.15) is 52.0 Å². The van der Waals surface area contributed by atoms with Crippen LogP contribution in [-0.4, -0.2) is 0 Å².